The number of aliphatic carboxylic acids is 1. The van der Waals surface area contributed by atoms with E-state index in [0.717, 1.165) is 4.90 Å². The molecule has 0 unspecified atom stereocenters. The molecule has 0 aliphatic carbocycles. The summed E-state index contributed by atoms with van der Waals surface area (Å²) in [5, 5.41) is 8.39. The highest BCUT2D eigenvalue weighted by Gasteiger charge is 1.97. The standard InChI is InChI=1S/C9H10O2S2/c10-9(11)6-7-12-13-8-4-2-1-3-5-8/h1-5H,6-7H2,(H,10,11). The Bertz CT molecular complexity index is 262. The van der Waals surface area contributed by atoms with Crippen molar-refractivity contribution in [2.45, 2.75) is 11.3 Å². The molecule has 0 radical (unpaired) electrons. The topological polar surface area (TPSA) is 37.3 Å². The molecule has 0 fully saturated rings. The lowest BCUT2D eigenvalue weighted by Gasteiger charge is -1.97. The molecule has 2 nitrogen and oxygen atoms in total. The zero-order valence-electron chi connectivity index (χ0n) is 6.97. The summed E-state index contributed by atoms with van der Waals surface area (Å²) in [6.45, 7) is 0. The lowest BCUT2D eigenvalue weighted by Crippen LogP contribution is -1.94. The number of benzene rings is 1. The zero-order chi connectivity index (χ0) is 9.52. The largest absolute Gasteiger partial charge is 0.481 e. The van der Waals surface area contributed by atoms with Crippen LogP contribution in [0.2, 0.25) is 0 Å². The summed E-state index contributed by atoms with van der Waals surface area (Å²) in [7, 11) is 3.19. The van der Waals surface area contributed by atoms with E-state index in [1.807, 2.05) is 30.3 Å². The SMILES string of the molecule is O=C(O)CCSSc1ccccc1. The second-order valence-electron chi connectivity index (χ2n) is 2.36. The predicted octanol–water partition coefficient (Wildman–Crippen LogP) is 2.90. The fourth-order valence-corrected chi connectivity index (χ4v) is 2.70. The van der Waals surface area contributed by atoms with Crippen molar-refractivity contribution < 1.29 is 9.90 Å². The number of carboxylic acid groups (broad SMARTS) is 1. The van der Waals surface area contributed by atoms with E-state index in [1.54, 1.807) is 21.6 Å². The van der Waals surface area contributed by atoms with Crippen LogP contribution in [0.4, 0.5) is 0 Å². The Kier molecular flexibility index (Phi) is 4.78. The van der Waals surface area contributed by atoms with Crippen molar-refractivity contribution in [2.75, 3.05) is 5.75 Å². The van der Waals surface area contributed by atoms with Crippen LogP contribution in [0.3, 0.4) is 0 Å². The molecule has 0 amide bonds. The van der Waals surface area contributed by atoms with Crippen LogP contribution in [0.25, 0.3) is 0 Å². The van der Waals surface area contributed by atoms with Gasteiger partial charge < -0.3 is 5.11 Å². The Morgan fingerprint density at radius 2 is 2.00 bits per heavy atom. The molecule has 0 bridgehead atoms. The number of hydrogen-bond acceptors (Lipinski definition) is 3. The van der Waals surface area contributed by atoms with E-state index in [4.69, 9.17) is 5.11 Å². The zero-order valence-corrected chi connectivity index (χ0v) is 8.61. The minimum atomic E-state index is -0.735. The van der Waals surface area contributed by atoms with E-state index in [-0.39, 0.29) is 6.42 Å². The van der Waals surface area contributed by atoms with Gasteiger partial charge in [0.2, 0.25) is 0 Å². The Balaban J connectivity index is 2.17. The first-order valence-electron chi connectivity index (χ1n) is 3.85. The van der Waals surface area contributed by atoms with Crippen molar-refractivity contribution in [1.29, 1.82) is 0 Å². The van der Waals surface area contributed by atoms with E-state index in [2.05, 4.69) is 0 Å². The van der Waals surface area contributed by atoms with Gasteiger partial charge in [-0.05, 0) is 12.1 Å². The van der Waals surface area contributed by atoms with Crippen LogP contribution in [0, 0.1) is 0 Å². The fourth-order valence-electron chi connectivity index (χ4n) is 0.715. The number of carbonyl (C=O) groups is 1. The molecule has 0 saturated carbocycles. The summed E-state index contributed by atoms with van der Waals surface area (Å²) in [6.07, 6.45) is 0.227. The molecular weight excluding hydrogens is 204 g/mol. The molecular formula is C9H10O2S2. The van der Waals surface area contributed by atoms with Crippen LogP contribution in [-0.2, 0) is 4.79 Å². The van der Waals surface area contributed by atoms with Crippen molar-refractivity contribution in [3.8, 4) is 0 Å². The van der Waals surface area contributed by atoms with E-state index in [9.17, 15) is 4.79 Å². The van der Waals surface area contributed by atoms with Crippen LogP contribution in [-0.4, -0.2) is 16.8 Å². The molecule has 4 heteroatoms. The number of carboxylic acids is 1. The molecule has 0 spiro atoms. The van der Waals surface area contributed by atoms with Crippen molar-refractivity contribution >= 4 is 27.6 Å². The molecule has 1 rings (SSSR count). The summed E-state index contributed by atoms with van der Waals surface area (Å²) < 4.78 is 0. The Labute approximate surface area is 85.1 Å². The molecule has 1 aromatic rings. The molecule has 0 aliphatic rings. The second-order valence-corrected chi connectivity index (χ2v) is 4.85. The molecule has 0 atom stereocenters. The Morgan fingerprint density at radius 3 is 2.62 bits per heavy atom. The van der Waals surface area contributed by atoms with Crippen LogP contribution in [0.1, 0.15) is 6.42 Å². The van der Waals surface area contributed by atoms with Crippen molar-refractivity contribution in [1.82, 2.24) is 0 Å². The first kappa shape index (κ1) is 10.5. The lowest BCUT2D eigenvalue weighted by atomic mass is 10.4. The van der Waals surface area contributed by atoms with Gasteiger partial charge in [-0.3, -0.25) is 4.79 Å². The third-order valence-electron chi connectivity index (χ3n) is 1.30. The van der Waals surface area contributed by atoms with Crippen LogP contribution in [0.5, 0.6) is 0 Å². The first-order chi connectivity index (χ1) is 6.29. The maximum atomic E-state index is 10.2. The highest BCUT2D eigenvalue weighted by molar-refractivity contribution is 8.76. The highest BCUT2D eigenvalue weighted by atomic mass is 33.1. The smallest absolute Gasteiger partial charge is 0.304 e. The van der Waals surface area contributed by atoms with Crippen LogP contribution in [0.15, 0.2) is 35.2 Å². The van der Waals surface area contributed by atoms with Gasteiger partial charge in [-0.15, -0.1) is 0 Å². The Hall–Kier alpha value is -0.610. The summed E-state index contributed by atoms with van der Waals surface area (Å²) in [4.78, 5) is 11.4. The van der Waals surface area contributed by atoms with Gasteiger partial charge in [0.15, 0.2) is 0 Å². The summed E-state index contributed by atoms with van der Waals surface area (Å²) in [5.74, 6) is -0.0873. The third kappa shape index (κ3) is 4.85. The molecule has 1 N–H and O–H groups in total. The molecule has 70 valence electrons. The first-order valence-corrected chi connectivity index (χ1v) is 6.17. The molecule has 0 aliphatic heterocycles. The second kappa shape index (κ2) is 5.94. The minimum absolute atomic E-state index is 0.227. The monoisotopic (exact) mass is 214 g/mol. The summed E-state index contributed by atoms with van der Waals surface area (Å²) in [6, 6.07) is 9.93. The maximum absolute atomic E-state index is 10.2. The van der Waals surface area contributed by atoms with Gasteiger partial charge in [0.1, 0.15) is 0 Å². The molecule has 1 aromatic carbocycles. The van der Waals surface area contributed by atoms with Crippen LogP contribution < -0.4 is 0 Å². The van der Waals surface area contributed by atoms with Gasteiger partial charge in [-0.1, -0.05) is 39.8 Å². The number of rotatable bonds is 5. The van der Waals surface area contributed by atoms with E-state index in [0.29, 0.717) is 5.75 Å². The molecule has 0 aromatic heterocycles. The normalized spacial score (nSPS) is 9.85. The minimum Gasteiger partial charge on any atom is -0.481 e. The Morgan fingerprint density at radius 1 is 1.31 bits per heavy atom. The predicted molar refractivity (Wildman–Crippen MR) is 57.0 cm³/mol. The average Bonchev–Trinajstić information content (AvgIpc) is 2.14. The lowest BCUT2D eigenvalue weighted by molar-refractivity contribution is -0.136. The quantitative estimate of drug-likeness (QED) is 0.604. The highest BCUT2D eigenvalue weighted by Crippen LogP contribution is 2.30. The third-order valence-corrected chi connectivity index (χ3v) is 3.68. The maximum Gasteiger partial charge on any atom is 0.304 e. The fraction of sp³-hybridized carbons (Fsp3) is 0.222. The van der Waals surface area contributed by atoms with Crippen molar-refractivity contribution in [2.24, 2.45) is 0 Å². The van der Waals surface area contributed by atoms with Gasteiger partial charge in [0, 0.05) is 10.6 Å². The van der Waals surface area contributed by atoms with E-state index >= 15 is 0 Å². The molecule has 0 heterocycles. The number of hydrogen-bond donors (Lipinski definition) is 1. The summed E-state index contributed by atoms with van der Waals surface area (Å²) >= 11 is 0. The average molecular weight is 214 g/mol. The van der Waals surface area contributed by atoms with Gasteiger partial charge in [-0.25, -0.2) is 0 Å². The van der Waals surface area contributed by atoms with Crippen molar-refractivity contribution in [3.05, 3.63) is 30.3 Å². The van der Waals surface area contributed by atoms with E-state index < -0.39 is 5.97 Å². The van der Waals surface area contributed by atoms with Gasteiger partial charge in [0.05, 0.1) is 6.42 Å². The molecule has 13 heavy (non-hydrogen) atoms. The van der Waals surface area contributed by atoms with Gasteiger partial charge in [0.25, 0.3) is 0 Å². The van der Waals surface area contributed by atoms with Crippen molar-refractivity contribution in [3.63, 3.8) is 0 Å². The van der Waals surface area contributed by atoms with E-state index in [1.165, 1.54) is 0 Å². The van der Waals surface area contributed by atoms with Gasteiger partial charge in [-0.2, -0.15) is 0 Å². The summed E-state index contributed by atoms with van der Waals surface area (Å²) in [5.41, 5.74) is 0. The van der Waals surface area contributed by atoms with Gasteiger partial charge >= 0.3 is 5.97 Å². The van der Waals surface area contributed by atoms with Crippen LogP contribution >= 0.6 is 21.6 Å². The molecule has 0 saturated heterocycles.